The maximum atomic E-state index is 7.76. The van der Waals surface area contributed by atoms with Crippen LogP contribution in [0.25, 0.3) is 39.1 Å². The summed E-state index contributed by atoms with van der Waals surface area (Å²) in [6, 6.07) is 33.0. The lowest BCUT2D eigenvalue weighted by Crippen LogP contribution is -2.44. The van der Waals surface area contributed by atoms with E-state index in [0.717, 1.165) is 46.6 Å². The zero-order valence-electron chi connectivity index (χ0n) is 31.2. The van der Waals surface area contributed by atoms with Crippen molar-refractivity contribution < 1.29 is 14.2 Å². The molecule has 1 saturated carbocycles. The highest BCUT2D eigenvalue weighted by molar-refractivity contribution is 7.08. The lowest BCUT2D eigenvalue weighted by Gasteiger charge is -2.52. The topological polar surface area (TPSA) is 27.7 Å². The first kappa shape index (κ1) is 33.1. The van der Waals surface area contributed by atoms with Gasteiger partial charge in [0.2, 0.25) is 0 Å². The molecule has 3 aliphatic rings. The fourth-order valence-corrected chi connectivity index (χ4v) is 11.3. The molecule has 2 aliphatic carbocycles. The zero-order valence-corrected chi connectivity index (χ0v) is 32.0. The van der Waals surface area contributed by atoms with Gasteiger partial charge in [0, 0.05) is 27.5 Å². The second kappa shape index (κ2) is 11.6. The monoisotopic (exact) mass is 702 g/mol. The fourth-order valence-electron chi connectivity index (χ4n) is 10.7. The molecule has 3 nitrogen and oxygen atoms in total. The molecule has 1 aliphatic heterocycles. The molecule has 9 rings (SSSR count). The van der Waals surface area contributed by atoms with Crippen molar-refractivity contribution in [3.05, 3.63) is 141 Å². The number of thiophene rings is 1. The van der Waals surface area contributed by atoms with Crippen molar-refractivity contribution in [1.29, 1.82) is 0 Å². The van der Waals surface area contributed by atoms with Crippen molar-refractivity contribution in [2.24, 2.45) is 10.8 Å². The average molecular weight is 703 g/mol. The molecule has 0 saturated heterocycles. The van der Waals surface area contributed by atoms with Crippen LogP contribution in [0.15, 0.2) is 108 Å². The van der Waals surface area contributed by atoms with Crippen molar-refractivity contribution in [2.45, 2.75) is 64.9 Å². The number of hydrogen-bond acceptors (Lipinski definition) is 4. The maximum Gasteiger partial charge on any atom is 0.178 e. The van der Waals surface area contributed by atoms with Gasteiger partial charge in [-0.3, -0.25) is 0 Å². The van der Waals surface area contributed by atoms with Gasteiger partial charge in [-0.15, -0.1) is 0 Å². The summed E-state index contributed by atoms with van der Waals surface area (Å²) in [7, 11) is 3.42. The molecule has 52 heavy (non-hydrogen) atoms. The molecule has 1 spiro atoms. The number of hydrogen-bond donors (Lipinski definition) is 0. The Bertz CT molecular complexity index is 2310. The van der Waals surface area contributed by atoms with Crippen molar-refractivity contribution in [1.82, 2.24) is 0 Å². The standard InChI is InChI=1S/C48H46O3S/c1-30-24-39-40(25-38(30)31-21-23-52-26-31)44-37(43-42(39)36-10-8-9-11-41(36)47(43)28-45(2,3)27-46(4,5)29-47)20-22-48(51-44,32-12-16-34(49-6)17-13-32)33-14-18-35(50-7)19-15-33/h8-26H,27-29H2,1-7H3. The summed E-state index contributed by atoms with van der Waals surface area (Å²) in [6.07, 6.45) is 8.08. The molecular formula is C48H46O3S. The molecule has 0 radical (unpaired) electrons. The first-order valence-corrected chi connectivity index (χ1v) is 19.4. The molecule has 1 fully saturated rings. The van der Waals surface area contributed by atoms with Crippen molar-refractivity contribution >= 4 is 28.2 Å². The van der Waals surface area contributed by atoms with Crippen LogP contribution in [0, 0.1) is 17.8 Å². The third-order valence-corrected chi connectivity index (χ3v) is 12.7. The van der Waals surface area contributed by atoms with Crippen molar-refractivity contribution in [3.8, 4) is 39.5 Å². The number of aryl methyl sites for hydroxylation is 1. The number of methoxy groups -OCH3 is 2. The van der Waals surface area contributed by atoms with Gasteiger partial charge in [0.05, 0.1) is 14.2 Å². The van der Waals surface area contributed by atoms with E-state index in [1.807, 2.05) is 24.3 Å². The lowest BCUT2D eigenvalue weighted by atomic mass is 9.52. The van der Waals surface area contributed by atoms with E-state index in [2.05, 4.69) is 124 Å². The van der Waals surface area contributed by atoms with Crippen LogP contribution in [0.4, 0.5) is 0 Å². The quantitative estimate of drug-likeness (QED) is 0.179. The van der Waals surface area contributed by atoms with Gasteiger partial charge in [0.15, 0.2) is 5.60 Å². The zero-order chi connectivity index (χ0) is 36.0. The van der Waals surface area contributed by atoms with E-state index in [4.69, 9.17) is 14.2 Å². The molecule has 0 bridgehead atoms. The third kappa shape index (κ3) is 4.90. The summed E-state index contributed by atoms with van der Waals surface area (Å²) in [5.74, 6) is 2.58. The van der Waals surface area contributed by atoms with Crippen LogP contribution in [-0.2, 0) is 11.0 Å². The van der Waals surface area contributed by atoms with E-state index >= 15 is 0 Å². The predicted octanol–water partition coefficient (Wildman–Crippen LogP) is 12.7. The van der Waals surface area contributed by atoms with Gasteiger partial charge < -0.3 is 14.2 Å². The lowest BCUT2D eigenvalue weighted by molar-refractivity contribution is 0.0642. The van der Waals surface area contributed by atoms with Gasteiger partial charge in [0.25, 0.3) is 0 Å². The minimum atomic E-state index is -0.885. The predicted molar refractivity (Wildman–Crippen MR) is 216 cm³/mol. The van der Waals surface area contributed by atoms with Gasteiger partial charge in [0.1, 0.15) is 17.2 Å². The Morgan fingerprint density at radius 2 is 1.33 bits per heavy atom. The Labute approximate surface area is 311 Å². The molecule has 2 heterocycles. The molecule has 0 atom stereocenters. The van der Waals surface area contributed by atoms with Crippen molar-refractivity contribution in [2.75, 3.05) is 14.2 Å². The first-order valence-electron chi connectivity index (χ1n) is 18.4. The van der Waals surface area contributed by atoms with Gasteiger partial charge in [-0.05, 0) is 135 Å². The molecule has 262 valence electrons. The van der Waals surface area contributed by atoms with E-state index in [9.17, 15) is 0 Å². The molecule has 0 amide bonds. The van der Waals surface area contributed by atoms with E-state index in [1.165, 1.54) is 56.3 Å². The maximum absolute atomic E-state index is 7.76. The van der Waals surface area contributed by atoms with Crippen LogP contribution in [0.3, 0.4) is 0 Å². The van der Waals surface area contributed by atoms with E-state index in [1.54, 1.807) is 25.6 Å². The van der Waals surface area contributed by atoms with Gasteiger partial charge in [-0.1, -0.05) is 88.4 Å². The summed E-state index contributed by atoms with van der Waals surface area (Å²) in [4.78, 5) is 0. The van der Waals surface area contributed by atoms with Crippen LogP contribution in [0.5, 0.6) is 17.2 Å². The highest BCUT2D eigenvalue weighted by Gasteiger charge is 2.55. The fraction of sp³-hybridized carbons (Fsp3) is 0.292. The van der Waals surface area contributed by atoms with E-state index < -0.39 is 5.60 Å². The van der Waals surface area contributed by atoms with Crippen LogP contribution < -0.4 is 14.2 Å². The number of fused-ring (bicyclic) bond motifs is 10. The molecule has 0 unspecified atom stereocenters. The highest BCUT2D eigenvalue weighted by atomic mass is 32.1. The summed E-state index contributed by atoms with van der Waals surface area (Å²) < 4.78 is 19.0. The average Bonchev–Trinajstić information content (AvgIpc) is 3.76. The van der Waals surface area contributed by atoms with E-state index in [0.29, 0.717) is 0 Å². The van der Waals surface area contributed by atoms with Crippen LogP contribution in [0.2, 0.25) is 0 Å². The summed E-state index contributed by atoms with van der Waals surface area (Å²) in [5.41, 5.74) is 12.0. The minimum Gasteiger partial charge on any atom is -0.497 e. The third-order valence-electron chi connectivity index (χ3n) is 12.0. The molecule has 4 heteroatoms. The Morgan fingerprint density at radius 3 is 1.92 bits per heavy atom. The second-order valence-electron chi connectivity index (χ2n) is 16.8. The van der Waals surface area contributed by atoms with Gasteiger partial charge >= 0.3 is 0 Å². The van der Waals surface area contributed by atoms with E-state index in [-0.39, 0.29) is 16.2 Å². The Kier molecular flexibility index (Phi) is 7.38. The summed E-state index contributed by atoms with van der Waals surface area (Å²) in [6.45, 7) is 12.2. The first-order chi connectivity index (χ1) is 25.0. The largest absolute Gasteiger partial charge is 0.497 e. The molecule has 6 aromatic rings. The minimum absolute atomic E-state index is 0.149. The summed E-state index contributed by atoms with van der Waals surface area (Å²) in [5, 5.41) is 6.84. The van der Waals surface area contributed by atoms with Crippen LogP contribution >= 0.6 is 11.3 Å². The normalized spacial score (nSPS) is 18.4. The molecule has 0 N–H and O–H groups in total. The molecule has 1 aromatic heterocycles. The van der Waals surface area contributed by atoms with Crippen LogP contribution in [-0.4, -0.2) is 14.2 Å². The molecular weight excluding hydrogens is 657 g/mol. The smallest absolute Gasteiger partial charge is 0.178 e. The van der Waals surface area contributed by atoms with Gasteiger partial charge in [-0.2, -0.15) is 11.3 Å². The van der Waals surface area contributed by atoms with Crippen LogP contribution in [0.1, 0.15) is 80.3 Å². The number of benzene rings is 5. The Balaban J connectivity index is 1.40. The van der Waals surface area contributed by atoms with Gasteiger partial charge in [-0.25, -0.2) is 0 Å². The Hall–Kier alpha value is -4.80. The number of rotatable bonds is 5. The Morgan fingerprint density at radius 1 is 0.692 bits per heavy atom. The molecule has 5 aromatic carbocycles. The number of ether oxygens (including phenoxy) is 3. The SMILES string of the molecule is COc1ccc(C2(c3ccc(OC)cc3)C=Cc3c4c(c5cc(C)c(-c6ccsc6)cc5c3O2)-c2ccccc2C42CC(C)(C)CC(C)(C)C2)cc1. The highest BCUT2D eigenvalue weighted by Crippen LogP contribution is 2.67. The van der Waals surface area contributed by atoms with Crippen molar-refractivity contribution in [3.63, 3.8) is 0 Å². The summed E-state index contributed by atoms with van der Waals surface area (Å²) >= 11 is 1.74. The second-order valence-corrected chi connectivity index (χ2v) is 17.6.